The highest BCUT2D eigenvalue weighted by Crippen LogP contribution is 2.41. The van der Waals surface area contributed by atoms with Crippen LogP contribution in [0.5, 0.6) is 28.7 Å². The zero-order chi connectivity index (χ0) is 27.7. The number of nitrogens with zero attached hydrogens (tertiary/aromatic N) is 3. The van der Waals surface area contributed by atoms with E-state index >= 15 is 0 Å². The molecule has 0 aromatic heterocycles. The van der Waals surface area contributed by atoms with E-state index in [2.05, 4.69) is 5.16 Å². The summed E-state index contributed by atoms with van der Waals surface area (Å²) in [7, 11) is 3.08. The number of hydrogen-bond donors (Lipinski definition) is 1. The van der Waals surface area contributed by atoms with Crippen molar-refractivity contribution in [3.63, 3.8) is 0 Å². The van der Waals surface area contributed by atoms with E-state index in [-0.39, 0.29) is 40.8 Å². The molecule has 3 aliphatic heterocycles. The number of fused-ring (bicyclic) bond motifs is 1. The first-order chi connectivity index (χ1) is 18.7. The highest BCUT2D eigenvalue weighted by Gasteiger charge is 2.42. The van der Waals surface area contributed by atoms with E-state index in [1.54, 1.807) is 50.1 Å². The minimum absolute atomic E-state index is 0.120. The molecule has 2 aromatic carbocycles. The maximum atomic E-state index is 14.0. The molecule has 2 atom stereocenters. The highest BCUT2D eigenvalue weighted by atomic mass is 16.7. The molecule has 5 rings (SSSR count). The second-order valence-corrected chi connectivity index (χ2v) is 10.4. The molecule has 3 aliphatic rings. The average molecular weight is 540 g/mol. The lowest BCUT2D eigenvalue weighted by molar-refractivity contribution is -0.145. The molecule has 0 aliphatic carbocycles. The monoisotopic (exact) mass is 539 g/mol. The van der Waals surface area contributed by atoms with E-state index < -0.39 is 18.1 Å². The molecule has 39 heavy (non-hydrogen) atoms. The van der Waals surface area contributed by atoms with Gasteiger partial charge in [-0.15, -0.1) is 0 Å². The van der Waals surface area contributed by atoms with Gasteiger partial charge in [-0.05, 0) is 38.8 Å². The molecule has 11 heteroatoms. The molecule has 0 amide bonds. The molecule has 0 radical (unpaired) electrons. The lowest BCUT2D eigenvalue weighted by Crippen LogP contribution is -2.54. The van der Waals surface area contributed by atoms with Crippen LogP contribution in [0.4, 0.5) is 5.69 Å². The van der Waals surface area contributed by atoms with Crippen molar-refractivity contribution in [3.05, 3.63) is 35.9 Å². The number of methoxy groups -OCH3 is 2. The van der Waals surface area contributed by atoms with Gasteiger partial charge in [-0.1, -0.05) is 11.6 Å². The fourth-order valence-electron chi connectivity index (χ4n) is 5.15. The zero-order valence-electron chi connectivity index (χ0n) is 22.5. The molecule has 0 bridgehead atoms. The van der Waals surface area contributed by atoms with Gasteiger partial charge in [0.25, 0.3) is 12.0 Å². The molecule has 1 N–H and O–H groups in total. The topological polar surface area (TPSA) is 119 Å². The van der Waals surface area contributed by atoms with E-state index in [1.807, 2.05) is 4.90 Å². The normalized spacial score (nSPS) is 21.0. The number of ketones is 2. The van der Waals surface area contributed by atoms with Crippen LogP contribution in [-0.4, -0.2) is 73.3 Å². The smallest absolute Gasteiger partial charge is 0.269 e. The number of phenolic OH excluding ortho intramolecular Hbond substituents is 1. The molecule has 3 heterocycles. The molecule has 208 valence electrons. The minimum atomic E-state index is -1.10. The van der Waals surface area contributed by atoms with Gasteiger partial charge in [-0.3, -0.25) is 19.4 Å². The first kappa shape index (κ1) is 26.6. The number of carbonyl (C=O) groups excluding carboxylic acids is 2. The molecule has 2 unspecified atom stereocenters. The van der Waals surface area contributed by atoms with Crippen LogP contribution in [0.15, 0.2) is 35.5 Å². The maximum Gasteiger partial charge on any atom is 0.269 e. The van der Waals surface area contributed by atoms with Crippen molar-refractivity contribution in [3.8, 4) is 28.7 Å². The molecule has 0 spiro atoms. The number of rotatable bonds is 8. The van der Waals surface area contributed by atoms with Gasteiger partial charge >= 0.3 is 0 Å². The molecular weight excluding hydrogens is 506 g/mol. The quantitative estimate of drug-likeness (QED) is 0.532. The molecular formula is C28H33N3O8. The van der Waals surface area contributed by atoms with Crippen molar-refractivity contribution >= 4 is 23.6 Å². The summed E-state index contributed by atoms with van der Waals surface area (Å²) in [6.07, 6.45) is 2.33. The lowest BCUT2D eigenvalue weighted by Gasteiger charge is -2.36. The van der Waals surface area contributed by atoms with Crippen LogP contribution in [0.2, 0.25) is 0 Å². The number of Topliss-reactive ketones (excluding diaryl/α,β-unsaturated/α-hetero) is 2. The summed E-state index contributed by atoms with van der Waals surface area (Å²) in [5, 5.41) is 14.6. The predicted molar refractivity (Wildman–Crippen MR) is 142 cm³/mol. The third-order valence-corrected chi connectivity index (χ3v) is 7.01. The van der Waals surface area contributed by atoms with E-state index in [9.17, 15) is 14.7 Å². The van der Waals surface area contributed by atoms with E-state index in [4.69, 9.17) is 23.8 Å². The third-order valence-electron chi connectivity index (χ3n) is 7.01. The number of ether oxygens (including phenoxy) is 4. The largest absolute Gasteiger partial charge is 0.507 e. The second kappa shape index (κ2) is 10.6. The van der Waals surface area contributed by atoms with E-state index in [0.29, 0.717) is 30.3 Å². The first-order valence-corrected chi connectivity index (χ1v) is 12.9. The highest BCUT2D eigenvalue weighted by molar-refractivity contribution is 6.03. The van der Waals surface area contributed by atoms with Gasteiger partial charge in [0, 0.05) is 31.3 Å². The lowest BCUT2D eigenvalue weighted by atomic mass is 9.92. The summed E-state index contributed by atoms with van der Waals surface area (Å²) in [4.78, 5) is 35.7. The number of aromatic hydroxyl groups is 1. The SMILES string of the molecule is COc1ccc(N2C=NOC2C(=O)C(Oc2cc(O)c3c(c2)OC(C)(C)CC3=O)N2CCCCC2)cc1OC. The Labute approximate surface area is 226 Å². The van der Waals surface area contributed by atoms with E-state index in [0.717, 1.165) is 19.3 Å². The van der Waals surface area contributed by atoms with Gasteiger partial charge in [0.2, 0.25) is 6.23 Å². The number of hydrogen-bond acceptors (Lipinski definition) is 11. The number of carbonyl (C=O) groups is 2. The van der Waals surface area contributed by atoms with Gasteiger partial charge in [0.1, 0.15) is 34.8 Å². The summed E-state index contributed by atoms with van der Waals surface area (Å²) < 4.78 is 23.0. The molecule has 1 saturated heterocycles. The fraction of sp³-hybridized carbons (Fsp3) is 0.464. The van der Waals surface area contributed by atoms with Gasteiger partial charge in [0.05, 0.1) is 26.3 Å². The van der Waals surface area contributed by atoms with Crippen LogP contribution in [0.1, 0.15) is 49.9 Å². The maximum absolute atomic E-state index is 14.0. The Morgan fingerprint density at radius 3 is 2.56 bits per heavy atom. The fourth-order valence-corrected chi connectivity index (χ4v) is 5.15. The van der Waals surface area contributed by atoms with Crippen molar-refractivity contribution < 1.29 is 38.5 Å². The summed E-state index contributed by atoms with van der Waals surface area (Å²) in [5.41, 5.74) is 0.00604. The Kier molecular flexibility index (Phi) is 7.26. The molecule has 2 aromatic rings. The number of piperidine rings is 1. The average Bonchev–Trinajstić information content (AvgIpc) is 3.40. The second-order valence-electron chi connectivity index (χ2n) is 10.4. The van der Waals surface area contributed by atoms with Gasteiger partial charge in [-0.25, -0.2) is 0 Å². The van der Waals surface area contributed by atoms with Crippen LogP contribution < -0.4 is 23.8 Å². The van der Waals surface area contributed by atoms with Gasteiger partial charge < -0.3 is 28.9 Å². The third kappa shape index (κ3) is 5.31. The molecule has 0 saturated carbocycles. The molecule has 11 nitrogen and oxygen atoms in total. The number of oxime groups is 1. The van der Waals surface area contributed by atoms with Crippen molar-refractivity contribution in [1.82, 2.24) is 4.90 Å². The zero-order valence-corrected chi connectivity index (χ0v) is 22.5. The Morgan fingerprint density at radius 2 is 1.85 bits per heavy atom. The first-order valence-electron chi connectivity index (χ1n) is 12.9. The van der Waals surface area contributed by atoms with Crippen molar-refractivity contribution in [2.45, 2.75) is 57.6 Å². The van der Waals surface area contributed by atoms with Crippen LogP contribution >= 0.6 is 0 Å². The van der Waals surface area contributed by atoms with Crippen LogP contribution in [-0.2, 0) is 9.63 Å². The van der Waals surface area contributed by atoms with Gasteiger partial charge in [0.15, 0.2) is 17.3 Å². The summed E-state index contributed by atoms with van der Waals surface area (Å²) in [6, 6.07) is 8.14. The van der Waals surface area contributed by atoms with Gasteiger partial charge in [-0.2, -0.15) is 0 Å². The van der Waals surface area contributed by atoms with Crippen molar-refractivity contribution in [2.75, 3.05) is 32.2 Å². The Bertz CT molecular complexity index is 1290. The van der Waals surface area contributed by atoms with Crippen molar-refractivity contribution in [2.24, 2.45) is 5.16 Å². The number of phenols is 1. The van der Waals surface area contributed by atoms with Crippen molar-refractivity contribution in [1.29, 1.82) is 0 Å². The summed E-state index contributed by atoms with van der Waals surface area (Å²) in [6.45, 7) is 4.91. The summed E-state index contributed by atoms with van der Waals surface area (Å²) in [5.74, 6) is 0.634. The van der Waals surface area contributed by atoms with Crippen LogP contribution in [0.3, 0.4) is 0 Å². The molecule has 1 fully saturated rings. The van der Waals surface area contributed by atoms with Crippen LogP contribution in [0, 0.1) is 0 Å². The number of benzene rings is 2. The Balaban J connectivity index is 1.45. The standard InChI is InChI=1S/C28H33N3O8/c1-28(2)15-20(33)24-19(32)13-18(14-23(24)38-28)37-26(30-10-6-5-7-11-30)25(34)27-31(16-29-39-27)17-8-9-21(35-3)22(12-17)36-4/h8-9,12-14,16,26-27,32H,5-7,10-11,15H2,1-4H3. The Morgan fingerprint density at radius 1 is 1.10 bits per heavy atom. The predicted octanol–water partition coefficient (Wildman–Crippen LogP) is 3.72. The van der Waals surface area contributed by atoms with E-state index in [1.165, 1.54) is 19.5 Å². The Hall–Kier alpha value is -3.99. The van der Waals surface area contributed by atoms with Crippen LogP contribution in [0.25, 0.3) is 0 Å². The minimum Gasteiger partial charge on any atom is -0.507 e. The number of likely N-dealkylation sites (tertiary alicyclic amines) is 1. The summed E-state index contributed by atoms with van der Waals surface area (Å²) >= 11 is 0. The number of anilines is 1.